The Morgan fingerprint density at radius 1 is 1.03 bits per heavy atom. The number of hydrogen-bond donors (Lipinski definition) is 1. The molecule has 0 aliphatic carbocycles. The Kier molecular flexibility index (Phi) is 7.38. The average Bonchev–Trinajstić information content (AvgIpc) is 2.84. The van der Waals surface area contributed by atoms with Crippen LogP contribution >= 0.6 is 23.4 Å². The Bertz CT molecular complexity index is 1210. The van der Waals surface area contributed by atoms with Gasteiger partial charge in [-0.05, 0) is 49.2 Å². The van der Waals surface area contributed by atoms with Gasteiger partial charge in [0.25, 0.3) is 0 Å². The van der Waals surface area contributed by atoms with Crippen LogP contribution in [-0.4, -0.2) is 48.1 Å². The van der Waals surface area contributed by atoms with Crippen molar-refractivity contribution in [3.8, 4) is 0 Å². The first kappa shape index (κ1) is 23.4. The van der Waals surface area contributed by atoms with E-state index in [9.17, 15) is 0 Å². The number of nitrogens with zero attached hydrogens (tertiary/aromatic N) is 4. The monoisotopic (exact) mass is 477 g/mol. The molecule has 0 unspecified atom stereocenters. The molecule has 0 bridgehead atoms. The zero-order valence-corrected chi connectivity index (χ0v) is 20.6. The summed E-state index contributed by atoms with van der Waals surface area (Å²) in [6.07, 6.45) is 5.57. The number of halogens is 1. The van der Waals surface area contributed by atoms with Crippen LogP contribution in [0.25, 0.3) is 21.4 Å². The average molecular weight is 478 g/mol. The third kappa shape index (κ3) is 5.77. The molecular weight excluding hydrogens is 450 g/mol. The molecule has 170 valence electrons. The van der Waals surface area contributed by atoms with E-state index in [1.54, 1.807) is 0 Å². The van der Waals surface area contributed by atoms with Crippen LogP contribution in [0, 0.1) is 0 Å². The number of likely N-dealkylation sites (N-methyl/N-ethyl adjacent to an activating group) is 1. The van der Waals surface area contributed by atoms with E-state index in [1.165, 1.54) is 11.8 Å². The molecule has 3 heterocycles. The van der Waals surface area contributed by atoms with Crippen LogP contribution in [0.3, 0.4) is 0 Å². The van der Waals surface area contributed by atoms with Gasteiger partial charge in [-0.2, -0.15) is 0 Å². The fourth-order valence-electron chi connectivity index (χ4n) is 3.66. The molecule has 0 atom stereocenters. The van der Waals surface area contributed by atoms with Gasteiger partial charge in [0, 0.05) is 60.1 Å². The summed E-state index contributed by atoms with van der Waals surface area (Å²) in [5.74, 6) is 1.72. The Morgan fingerprint density at radius 2 is 1.82 bits per heavy atom. The Hall–Kier alpha value is -2.80. The number of aromatic nitrogens is 2. The van der Waals surface area contributed by atoms with E-state index in [1.807, 2.05) is 43.6 Å². The summed E-state index contributed by atoms with van der Waals surface area (Å²) in [6.45, 7) is 14.4. The van der Waals surface area contributed by atoms with E-state index in [0.717, 1.165) is 70.3 Å². The first-order valence-corrected chi connectivity index (χ1v) is 12.1. The van der Waals surface area contributed by atoms with E-state index >= 15 is 0 Å². The molecule has 1 aliphatic heterocycles. The van der Waals surface area contributed by atoms with Crippen LogP contribution in [0.2, 0.25) is 0 Å². The van der Waals surface area contributed by atoms with Crippen molar-refractivity contribution in [2.75, 3.05) is 43.4 Å². The fraction of sp³-hybridized carbons (Fsp3) is 0.231. The molecule has 7 heteroatoms. The van der Waals surface area contributed by atoms with E-state index in [2.05, 4.69) is 63.5 Å². The standard InChI is InChI=1S/C26H28ClN5S/c1-5-24(27)33-19(3)21-6-7-22-17-29-25(15-23(22)14-21)30-18(2)20-8-9-28-26(16-20)32-12-10-31(4)11-13-32/h5-9,14-17H,2-3,10-13H2,1,4H3,(H,29,30)/b24-5-. The second-order valence-corrected chi connectivity index (χ2v) is 9.81. The van der Waals surface area contributed by atoms with E-state index in [-0.39, 0.29) is 0 Å². The van der Waals surface area contributed by atoms with Crippen LogP contribution in [0.5, 0.6) is 0 Å². The molecule has 0 saturated carbocycles. The van der Waals surface area contributed by atoms with E-state index in [4.69, 9.17) is 11.6 Å². The van der Waals surface area contributed by atoms with Gasteiger partial charge in [-0.3, -0.25) is 0 Å². The van der Waals surface area contributed by atoms with E-state index in [0.29, 0.717) is 4.36 Å². The summed E-state index contributed by atoms with van der Waals surface area (Å²) < 4.78 is 0.710. The smallest absolute Gasteiger partial charge is 0.130 e. The molecule has 1 saturated heterocycles. The van der Waals surface area contributed by atoms with Gasteiger partial charge in [0.1, 0.15) is 11.6 Å². The first-order valence-electron chi connectivity index (χ1n) is 10.9. The van der Waals surface area contributed by atoms with Crippen molar-refractivity contribution in [2.24, 2.45) is 0 Å². The van der Waals surface area contributed by atoms with Crippen LogP contribution < -0.4 is 10.2 Å². The van der Waals surface area contributed by atoms with Crippen molar-refractivity contribution in [3.05, 3.63) is 83.5 Å². The van der Waals surface area contributed by atoms with Crippen LogP contribution in [0.15, 0.2) is 72.4 Å². The molecule has 2 aromatic heterocycles. The lowest BCUT2D eigenvalue weighted by molar-refractivity contribution is 0.312. The van der Waals surface area contributed by atoms with Crippen molar-refractivity contribution < 1.29 is 0 Å². The molecule has 1 aromatic carbocycles. The summed E-state index contributed by atoms with van der Waals surface area (Å²) in [5.41, 5.74) is 2.82. The number of allylic oxidation sites excluding steroid dienone is 1. The number of pyridine rings is 2. The predicted octanol–water partition coefficient (Wildman–Crippen LogP) is 6.27. The minimum absolute atomic E-state index is 0.710. The lowest BCUT2D eigenvalue weighted by atomic mass is 10.1. The quantitative estimate of drug-likeness (QED) is 0.432. The molecule has 0 spiro atoms. The summed E-state index contributed by atoms with van der Waals surface area (Å²) in [6, 6.07) is 12.3. The number of benzene rings is 1. The zero-order chi connectivity index (χ0) is 23.4. The molecular formula is C26H28ClN5S. The Labute approximate surface area is 204 Å². The number of hydrogen-bond acceptors (Lipinski definition) is 6. The first-order chi connectivity index (χ1) is 15.9. The highest BCUT2D eigenvalue weighted by atomic mass is 35.5. The number of rotatable bonds is 7. The van der Waals surface area contributed by atoms with Crippen molar-refractivity contribution in [1.29, 1.82) is 0 Å². The Balaban J connectivity index is 1.51. The molecule has 3 aromatic rings. The molecule has 1 aliphatic rings. The van der Waals surface area contributed by atoms with Crippen molar-refractivity contribution in [2.45, 2.75) is 6.92 Å². The largest absolute Gasteiger partial charge is 0.354 e. The fourth-order valence-corrected chi connectivity index (χ4v) is 4.54. The Morgan fingerprint density at radius 3 is 2.58 bits per heavy atom. The molecule has 1 N–H and O–H groups in total. The third-order valence-electron chi connectivity index (χ3n) is 5.69. The van der Waals surface area contributed by atoms with Gasteiger partial charge >= 0.3 is 0 Å². The van der Waals surface area contributed by atoms with E-state index < -0.39 is 0 Å². The number of piperazine rings is 1. The minimum atomic E-state index is 0.710. The van der Waals surface area contributed by atoms with Crippen LogP contribution in [-0.2, 0) is 0 Å². The highest BCUT2D eigenvalue weighted by Gasteiger charge is 2.16. The van der Waals surface area contributed by atoms with Crippen LogP contribution in [0.1, 0.15) is 18.1 Å². The van der Waals surface area contributed by atoms with Gasteiger partial charge in [-0.1, -0.05) is 54.7 Å². The molecule has 5 nitrogen and oxygen atoms in total. The predicted molar refractivity (Wildman–Crippen MR) is 145 cm³/mol. The summed E-state index contributed by atoms with van der Waals surface area (Å²) in [4.78, 5) is 14.7. The number of fused-ring (bicyclic) bond motifs is 1. The summed E-state index contributed by atoms with van der Waals surface area (Å²) in [5, 5.41) is 5.49. The van der Waals surface area contributed by atoms with Crippen LogP contribution in [0.4, 0.5) is 11.6 Å². The SMILES string of the molecule is C=C(Nc1cc2cc(C(=C)S/C(Cl)=C\C)ccc2cn1)c1ccnc(N2CCN(C)CC2)c1. The highest BCUT2D eigenvalue weighted by Crippen LogP contribution is 2.35. The lowest BCUT2D eigenvalue weighted by Gasteiger charge is -2.33. The van der Waals surface area contributed by atoms with Gasteiger partial charge < -0.3 is 15.1 Å². The minimum Gasteiger partial charge on any atom is -0.354 e. The molecule has 0 radical (unpaired) electrons. The van der Waals surface area contributed by atoms with Gasteiger partial charge in [0.2, 0.25) is 0 Å². The lowest BCUT2D eigenvalue weighted by Crippen LogP contribution is -2.44. The zero-order valence-electron chi connectivity index (χ0n) is 19.0. The molecule has 4 rings (SSSR count). The van der Waals surface area contributed by atoms with Crippen molar-refractivity contribution in [3.63, 3.8) is 0 Å². The second-order valence-electron chi connectivity index (χ2n) is 8.05. The summed E-state index contributed by atoms with van der Waals surface area (Å²) >= 11 is 7.62. The van der Waals surface area contributed by atoms with Gasteiger partial charge in [-0.15, -0.1) is 0 Å². The third-order valence-corrected chi connectivity index (χ3v) is 7.05. The molecule has 33 heavy (non-hydrogen) atoms. The molecule has 0 amide bonds. The highest BCUT2D eigenvalue weighted by molar-refractivity contribution is 8.13. The maximum Gasteiger partial charge on any atom is 0.130 e. The number of thioether (sulfide) groups is 1. The normalized spacial score (nSPS) is 15.0. The van der Waals surface area contributed by atoms with Crippen molar-refractivity contribution in [1.82, 2.24) is 14.9 Å². The molecule has 1 fully saturated rings. The van der Waals surface area contributed by atoms with Gasteiger partial charge in [0.15, 0.2) is 0 Å². The number of nitrogens with one attached hydrogen (secondary N) is 1. The van der Waals surface area contributed by atoms with Gasteiger partial charge in [-0.25, -0.2) is 9.97 Å². The maximum absolute atomic E-state index is 6.16. The number of anilines is 2. The van der Waals surface area contributed by atoms with Crippen molar-refractivity contribution >= 4 is 56.4 Å². The maximum atomic E-state index is 6.16. The van der Waals surface area contributed by atoms with Gasteiger partial charge in [0.05, 0.1) is 4.36 Å². The summed E-state index contributed by atoms with van der Waals surface area (Å²) in [7, 11) is 2.15. The topological polar surface area (TPSA) is 44.3 Å². The second kappa shape index (κ2) is 10.4.